The summed E-state index contributed by atoms with van der Waals surface area (Å²) in [6.07, 6.45) is -0.764. The summed E-state index contributed by atoms with van der Waals surface area (Å²) >= 11 is 5.83. The van der Waals surface area contributed by atoms with E-state index >= 15 is 0 Å². The Bertz CT molecular complexity index is 683. The summed E-state index contributed by atoms with van der Waals surface area (Å²) < 4.78 is 5.70. The molecule has 4 nitrogen and oxygen atoms in total. The summed E-state index contributed by atoms with van der Waals surface area (Å²) in [6.45, 7) is 2.00. The van der Waals surface area contributed by atoms with Crippen LogP contribution in [0.3, 0.4) is 0 Å². The maximum Gasteiger partial charge on any atom is 0.253 e. The molecule has 0 aliphatic heterocycles. The Morgan fingerprint density at radius 3 is 2.48 bits per heavy atom. The SMILES string of the molecule is Cc1ccc(C(=O)N(C)C)cc1OCC(O)c1ccc(Cl)cc1. The number of carbonyl (C=O) groups excluding carboxylic acids is 1. The first kappa shape index (κ1) is 17.3. The lowest BCUT2D eigenvalue weighted by atomic mass is 10.1. The van der Waals surface area contributed by atoms with Gasteiger partial charge >= 0.3 is 0 Å². The lowest BCUT2D eigenvalue weighted by molar-refractivity contribution is 0.0826. The maximum absolute atomic E-state index is 12.0. The Kier molecular flexibility index (Phi) is 5.64. The highest BCUT2D eigenvalue weighted by Gasteiger charge is 2.13. The molecule has 122 valence electrons. The molecule has 0 heterocycles. The summed E-state index contributed by atoms with van der Waals surface area (Å²) in [5.41, 5.74) is 2.19. The number of nitrogens with zero attached hydrogens (tertiary/aromatic N) is 1. The molecule has 2 rings (SSSR count). The third-order valence-corrected chi connectivity index (χ3v) is 3.74. The normalized spacial score (nSPS) is 11.9. The molecule has 0 fully saturated rings. The summed E-state index contributed by atoms with van der Waals surface area (Å²) in [5, 5.41) is 10.8. The highest BCUT2D eigenvalue weighted by Crippen LogP contribution is 2.23. The fourth-order valence-electron chi connectivity index (χ4n) is 2.10. The average molecular weight is 334 g/mol. The minimum atomic E-state index is -0.764. The van der Waals surface area contributed by atoms with Crippen molar-refractivity contribution in [3.63, 3.8) is 0 Å². The van der Waals surface area contributed by atoms with Crippen LogP contribution in [0.2, 0.25) is 5.02 Å². The molecule has 1 amide bonds. The Labute approximate surface area is 141 Å². The minimum Gasteiger partial charge on any atom is -0.490 e. The van der Waals surface area contributed by atoms with Gasteiger partial charge in [-0.2, -0.15) is 0 Å². The maximum atomic E-state index is 12.0. The van der Waals surface area contributed by atoms with Crippen LogP contribution in [-0.4, -0.2) is 36.6 Å². The summed E-state index contributed by atoms with van der Waals surface area (Å²) in [5.74, 6) is 0.499. The van der Waals surface area contributed by atoms with Gasteiger partial charge < -0.3 is 14.7 Å². The van der Waals surface area contributed by atoms with Crippen LogP contribution in [0, 0.1) is 6.92 Å². The van der Waals surface area contributed by atoms with Crippen molar-refractivity contribution < 1.29 is 14.6 Å². The lowest BCUT2D eigenvalue weighted by Crippen LogP contribution is -2.21. The number of aliphatic hydroxyl groups is 1. The van der Waals surface area contributed by atoms with Crippen molar-refractivity contribution in [2.24, 2.45) is 0 Å². The van der Waals surface area contributed by atoms with Crippen molar-refractivity contribution in [3.05, 3.63) is 64.2 Å². The van der Waals surface area contributed by atoms with Gasteiger partial charge in [-0.1, -0.05) is 29.8 Å². The molecule has 0 aliphatic carbocycles. The molecule has 0 spiro atoms. The van der Waals surface area contributed by atoms with E-state index in [0.29, 0.717) is 16.3 Å². The highest BCUT2D eigenvalue weighted by atomic mass is 35.5. The van der Waals surface area contributed by atoms with E-state index in [2.05, 4.69) is 0 Å². The van der Waals surface area contributed by atoms with Gasteiger partial charge in [0.1, 0.15) is 18.5 Å². The lowest BCUT2D eigenvalue weighted by Gasteiger charge is -2.16. The van der Waals surface area contributed by atoms with E-state index in [1.165, 1.54) is 4.90 Å². The van der Waals surface area contributed by atoms with Crippen LogP contribution in [0.1, 0.15) is 27.6 Å². The zero-order chi connectivity index (χ0) is 17.0. The standard InChI is InChI=1S/C18H20ClNO3/c1-12-4-5-14(18(22)20(2)3)10-17(12)23-11-16(21)13-6-8-15(19)9-7-13/h4-10,16,21H,11H2,1-3H3. The average Bonchev–Trinajstić information content (AvgIpc) is 2.53. The van der Waals surface area contributed by atoms with Crippen molar-refractivity contribution in [2.75, 3.05) is 20.7 Å². The zero-order valence-electron chi connectivity index (χ0n) is 13.4. The molecule has 23 heavy (non-hydrogen) atoms. The molecular weight excluding hydrogens is 314 g/mol. The van der Waals surface area contributed by atoms with Gasteiger partial charge in [-0.05, 0) is 42.3 Å². The highest BCUT2D eigenvalue weighted by molar-refractivity contribution is 6.30. The van der Waals surface area contributed by atoms with Crippen molar-refractivity contribution in [1.29, 1.82) is 0 Å². The number of rotatable bonds is 5. The van der Waals surface area contributed by atoms with E-state index in [9.17, 15) is 9.90 Å². The van der Waals surface area contributed by atoms with E-state index in [1.807, 2.05) is 13.0 Å². The molecule has 0 aromatic heterocycles. The quantitative estimate of drug-likeness (QED) is 0.911. The van der Waals surface area contributed by atoms with Gasteiger partial charge in [-0.25, -0.2) is 0 Å². The van der Waals surface area contributed by atoms with Gasteiger partial charge in [0, 0.05) is 24.7 Å². The van der Waals surface area contributed by atoms with E-state index in [0.717, 1.165) is 11.1 Å². The van der Waals surface area contributed by atoms with Gasteiger partial charge in [-0.15, -0.1) is 0 Å². The predicted molar refractivity (Wildman–Crippen MR) is 91.1 cm³/mol. The van der Waals surface area contributed by atoms with E-state index < -0.39 is 6.10 Å². The monoisotopic (exact) mass is 333 g/mol. The number of hydrogen-bond donors (Lipinski definition) is 1. The number of hydrogen-bond acceptors (Lipinski definition) is 3. The minimum absolute atomic E-state index is 0.0897. The van der Waals surface area contributed by atoms with Gasteiger partial charge in [0.05, 0.1) is 0 Å². The van der Waals surface area contributed by atoms with Crippen LogP contribution in [0.25, 0.3) is 0 Å². The number of halogens is 1. The Morgan fingerprint density at radius 1 is 1.22 bits per heavy atom. The van der Waals surface area contributed by atoms with Crippen molar-refractivity contribution in [3.8, 4) is 5.75 Å². The largest absolute Gasteiger partial charge is 0.490 e. The van der Waals surface area contributed by atoms with Crippen LogP contribution < -0.4 is 4.74 Å². The molecule has 5 heteroatoms. The molecular formula is C18H20ClNO3. The van der Waals surface area contributed by atoms with Crippen LogP contribution in [0.4, 0.5) is 0 Å². The molecule has 0 bridgehead atoms. The molecule has 0 saturated heterocycles. The van der Waals surface area contributed by atoms with Crippen LogP contribution in [0.5, 0.6) is 5.75 Å². The van der Waals surface area contributed by atoms with Crippen LogP contribution in [0.15, 0.2) is 42.5 Å². The Hall–Kier alpha value is -2.04. The fraction of sp³-hybridized carbons (Fsp3) is 0.278. The van der Waals surface area contributed by atoms with Crippen molar-refractivity contribution in [2.45, 2.75) is 13.0 Å². The molecule has 1 unspecified atom stereocenters. The Balaban J connectivity index is 2.09. The molecule has 0 radical (unpaired) electrons. The van der Waals surface area contributed by atoms with E-state index in [-0.39, 0.29) is 12.5 Å². The van der Waals surface area contributed by atoms with Crippen LogP contribution in [-0.2, 0) is 0 Å². The molecule has 0 aliphatic rings. The molecule has 1 N–H and O–H groups in total. The second kappa shape index (κ2) is 7.49. The Morgan fingerprint density at radius 2 is 1.87 bits per heavy atom. The first-order valence-corrected chi connectivity index (χ1v) is 7.65. The number of aryl methyl sites for hydroxylation is 1. The topological polar surface area (TPSA) is 49.8 Å². The third kappa shape index (κ3) is 4.47. The van der Waals surface area contributed by atoms with E-state index in [4.69, 9.17) is 16.3 Å². The summed E-state index contributed by atoms with van der Waals surface area (Å²) in [6, 6.07) is 12.3. The second-order valence-electron chi connectivity index (χ2n) is 5.56. The number of benzene rings is 2. The number of carbonyl (C=O) groups is 1. The van der Waals surface area contributed by atoms with Crippen molar-refractivity contribution >= 4 is 17.5 Å². The van der Waals surface area contributed by atoms with Crippen LogP contribution >= 0.6 is 11.6 Å². The number of aliphatic hydroxyl groups excluding tert-OH is 1. The van der Waals surface area contributed by atoms with Gasteiger partial charge in [0.25, 0.3) is 5.91 Å². The zero-order valence-corrected chi connectivity index (χ0v) is 14.2. The summed E-state index contributed by atoms with van der Waals surface area (Å²) in [4.78, 5) is 13.5. The number of ether oxygens (including phenoxy) is 1. The molecule has 1 atom stereocenters. The third-order valence-electron chi connectivity index (χ3n) is 3.49. The fourth-order valence-corrected chi connectivity index (χ4v) is 2.22. The van der Waals surface area contributed by atoms with Gasteiger partial charge in [0.15, 0.2) is 0 Å². The van der Waals surface area contributed by atoms with Crippen molar-refractivity contribution in [1.82, 2.24) is 4.90 Å². The number of amides is 1. The molecule has 0 saturated carbocycles. The summed E-state index contributed by atoms with van der Waals surface area (Å²) in [7, 11) is 3.40. The van der Waals surface area contributed by atoms with E-state index in [1.54, 1.807) is 50.5 Å². The predicted octanol–water partition coefficient (Wildman–Crippen LogP) is 3.46. The second-order valence-corrected chi connectivity index (χ2v) is 5.99. The first-order valence-electron chi connectivity index (χ1n) is 7.27. The van der Waals surface area contributed by atoms with Gasteiger partial charge in [-0.3, -0.25) is 4.79 Å². The van der Waals surface area contributed by atoms with Gasteiger partial charge in [0.2, 0.25) is 0 Å². The smallest absolute Gasteiger partial charge is 0.253 e. The first-order chi connectivity index (χ1) is 10.9. The molecule has 2 aromatic rings. The molecule has 2 aromatic carbocycles.